The van der Waals surface area contributed by atoms with Gasteiger partial charge in [0.15, 0.2) is 11.4 Å². The number of phenolic OH excluding ortho intramolecular Hbond substituents is 1. The minimum absolute atomic E-state index is 0.170. The fourth-order valence-corrected chi connectivity index (χ4v) is 5.50. The Balaban J connectivity index is 0.000000482. The van der Waals surface area contributed by atoms with Crippen LogP contribution in [-0.4, -0.2) is 92.1 Å². The zero-order valence-corrected chi connectivity index (χ0v) is 21.8. The number of aliphatic hydroxyl groups is 4. The Bertz CT molecular complexity index is 1480. The maximum atomic E-state index is 13.7. The molecule has 4 rings (SSSR count). The number of primary amides is 1. The van der Waals surface area contributed by atoms with Crippen LogP contribution in [0.1, 0.15) is 24.5 Å². The number of Topliss-reactive ketones (excluding diaryl/α,β-unsaturated/α-hetero) is 2. The monoisotopic (exact) mass is 594 g/mol. The van der Waals surface area contributed by atoms with Crippen molar-refractivity contribution in [3.8, 4) is 5.75 Å². The van der Waals surface area contributed by atoms with E-state index in [4.69, 9.17) is 18.7 Å². The first-order valence-electron chi connectivity index (χ1n) is 11.3. The van der Waals surface area contributed by atoms with Gasteiger partial charge in [-0.25, -0.2) is 0 Å². The number of likely N-dealkylation sites (N-methyl/N-ethyl adjacent to an activating group) is 1. The summed E-state index contributed by atoms with van der Waals surface area (Å²) in [5, 5.41) is 54.9. The maximum Gasteiger partial charge on any atom is 0.522 e. The predicted octanol–water partition coefficient (Wildman–Crippen LogP) is 0.0230. The number of carbonyl (C=O) groups excluding carboxylic acids is 3. The minimum Gasteiger partial charge on any atom is -0.508 e. The number of ketones is 2. The van der Waals surface area contributed by atoms with Crippen molar-refractivity contribution in [3.63, 3.8) is 0 Å². The summed E-state index contributed by atoms with van der Waals surface area (Å²) in [7, 11) is -2.83. The number of fused-ring (bicyclic) bond motifs is 3. The van der Waals surface area contributed by atoms with Gasteiger partial charge in [0, 0.05) is 17.4 Å². The van der Waals surface area contributed by atoms with E-state index in [0.717, 1.165) is 0 Å². The Morgan fingerprint density at radius 1 is 1.12 bits per heavy atom. The third-order valence-electron chi connectivity index (χ3n) is 7.31. The number of alkyl halides is 3. The van der Waals surface area contributed by atoms with Gasteiger partial charge in [-0.15, -0.1) is 0 Å². The Morgan fingerprint density at radius 3 is 2.10 bits per heavy atom. The molecule has 5 atom stereocenters. The Kier molecular flexibility index (Phi) is 7.41. The number of nitrogens with two attached hydrogens (primary N) is 1. The van der Waals surface area contributed by atoms with Crippen LogP contribution in [0.5, 0.6) is 5.75 Å². The Morgan fingerprint density at radius 2 is 1.65 bits per heavy atom. The Hall–Kier alpha value is -3.51. The number of halogens is 3. The van der Waals surface area contributed by atoms with Gasteiger partial charge < -0.3 is 31.3 Å². The molecule has 1 aromatic carbocycles. The van der Waals surface area contributed by atoms with Gasteiger partial charge in [-0.2, -0.15) is 21.6 Å². The molecule has 0 radical (unpaired) electrons. The van der Waals surface area contributed by atoms with Gasteiger partial charge in [-0.3, -0.25) is 23.8 Å². The van der Waals surface area contributed by atoms with Crippen LogP contribution in [0.4, 0.5) is 13.2 Å². The molecule has 0 spiro atoms. The molecule has 220 valence electrons. The molecule has 0 unspecified atom stereocenters. The van der Waals surface area contributed by atoms with Crippen molar-refractivity contribution < 1.29 is 66.1 Å². The molecule has 0 bridgehead atoms. The molecule has 0 saturated heterocycles. The lowest BCUT2D eigenvalue weighted by molar-refractivity contribution is -0.159. The van der Waals surface area contributed by atoms with E-state index in [-0.39, 0.29) is 17.5 Å². The molecule has 1 amide bonds. The Labute approximate surface area is 224 Å². The van der Waals surface area contributed by atoms with E-state index >= 15 is 0 Å². The lowest BCUT2D eigenvalue weighted by Gasteiger charge is -2.53. The van der Waals surface area contributed by atoms with Crippen molar-refractivity contribution in [1.82, 2.24) is 4.90 Å². The van der Waals surface area contributed by atoms with Gasteiger partial charge in [-0.05, 0) is 39.1 Å². The smallest absolute Gasteiger partial charge is 0.508 e. The summed E-state index contributed by atoms with van der Waals surface area (Å²) in [6, 6.07) is 3.02. The second-order valence-corrected chi connectivity index (χ2v) is 11.3. The molecule has 0 aliphatic heterocycles. The normalized spacial score (nSPS) is 30.3. The van der Waals surface area contributed by atoms with Gasteiger partial charge in [0.2, 0.25) is 5.78 Å². The number of hydrogen-bond acceptors (Lipinski definition) is 11. The average Bonchev–Trinajstić information content (AvgIpc) is 2.78. The fraction of sp³-hybridized carbons (Fsp3) is 0.435. The van der Waals surface area contributed by atoms with E-state index in [1.807, 2.05) is 0 Å². The first-order valence-corrected chi connectivity index (χ1v) is 12.7. The number of rotatable bonds is 2. The molecular weight excluding hydrogens is 569 g/mol. The van der Waals surface area contributed by atoms with Gasteiger partial charge in [0.1, 0.15) is 22.8 Å². The van der Waals surface area contributed by atoms with E-state index in [1.165, 1.54) is 44.1 Å². The molecule has 13 nitrogen and oxygen atoms in total. The number of hydrogen-bond donors (Lipinski definition) is 7. The molecule has 3 aliphatic carbocycles. The lowest BCUT2D eigenvalue weighted by atomic mass is 9.54. The SMILES string of the molecule is CN(C)[C@@H]1C(=O)C(C(N)=O)=C(O)[C@@]2(O)C(=O)C3=C(O)c4c(O)cccc4[C@@](C)(O)[C@H]3C[C@@H]12.O=S(=O)(O)C(F)(F)F. The number of carbonyl (C=O) groups is 3. The lowest BCUT2D eigenvalue weighted by Crippen LogP contribution is -2.67. The van der Waals surface area contributed by atoms with Gasteiger partial charge >= 0.3 is 15.6 Å². The highest BCUT2D eigenvalue weighted by atomic mass is 32.2. The summed E-state index contributed by atoms with van der Waals surface area (Å²) in [6.07, 6.45) is -0.200. The first kappa shape index (κ1) is 31.0. The summed E-state index contributed by atoms with van der Waals surface area (Å²) < 4.78 is 57.5. The zero-order chi connectivity index (χ0) is 30.9. The van der Waals surface area contributed by atoms with Crippen molar-refractivity contribution in [2.45, 2.75) is 36.1 Å². The number of aliphatic hydroxyl groups excluding tert-OH is 2. The molecule has 8 N–H and O–H groups in total. The molecule has 40 heavy (non-hydrogen) atoms. The van der Waals surface area contributed by atoms with Gasteiger partial charge in [0.25, 0.3) is 5.91 Å². The fourth-order valence-electron chi connectivity index (χ4n) is 5.50. The molecule has 0 heterocycles. The van der Waals surface area contributed by atoms with Gasteiger partial charge in [0.05, 0.1) is 17.2 Å². The van der Waals surface area contributed by atoms with Crippen LogP contribution in [0.3, 0.4) is 0 Å². The number of phenols is 1. The third-order valence-corrected chi connectivity index (χ3v) is 7.90. The van der Waals surface area contributed by atoms with Crippen molar-refractivity contribution in [2.75, 3.05) is 14.1 Å². The molecule has 1 saturated carbocycles. The highest BCUT2D eigenvalue weighted by Crippen LogP contribution is 2.57. The molecule has 0 aromatic heterocycles. The summed E-state index contributed by atoms with van der Waals surface area (Å²) in [5.74, 6) is -7.90. The van der Waals surface area contributed by atoms with Crippen LogP contribution in [0, 0.1) is 11.8 Å². The largest absolute Gasteiger partial charge is 0.522 e. The zero-order valence-electron chi connectivity index (χ0n) is 21.0. The van der Waals surface area contributed by atoms with Crippen molar-refractivity contribution in [1.29, 1.82) is 0 Å². The van der Waals surface area contributed by atoms with Crippen LogP contribution >= 0.6 is 0 Å². The topological polar surface area (TPSA) is 236 Å². The second kappa shape index (κ2) is 9.55. The molecule has 17 heteroatoms. The van der Waals surface area contributed by atoms with Crippen molar-refractivity contribution in [2.24, 2.45) is 17.6 Å². The maximum absolute atomic E-state index is 13.7. The van der Waals surface area contributed by atoms with Crippen LogP contribution in [0.25, 0.3) is 5.76 Å². The number of nitrogens with zero attached hydrogens (tertiary/aromatic N) is 1. The second-order valence-electron chi connectivity index (χ2n) is 9.88. The quantitative estimate of drug-likeness (QED) is 0.136. The van der Waals surface area contributed by atoms with E-state index in [1.54, 1.807) is 0 Å². The molecule has 1 fully saturated rings. The minimum atomic E-state index is -5.84. The van der Waals surface area contributed by atoms with E-state index in [9.17, 15) is 53.1 Å². The van der Waals surface area contributed by atoms with Crippen LogP contribution < -0.4 is 5.73 Å². The average molecular weight is 595 g/mol. The standard InChI is InChI=1S/C22H24N2O8.CHF3O3S/c1-21(31)8-5-4-6-11(25)12(8)16(26)13-9(21)7-10-15(24(2)3)17(27)14(20(23)30)19(29)22(10,32)18(13)28;2-1(3,4)8(5,6)7/h4-6,9-10,15,25-26,29,31-32H,7H2,1-3H3,(H2,23,30);(H,5,6,7)/t9-,10-,15-,21+,22-;/m0./s1. The van der Waals surface area contributed by atoms with E-state index in [2.05, 4.69) is 0 Å². The number of amides is 1. The highest BCUT2D eigenvalue weighted by Gasteiger charge is 2.66. The predicted molar refractivity (Wildman–Crippen MR) is 128 cm³/mol. The van der Waals surface area contributed by atoms with Crippen LogP contribution in [0.2, 0.25) is 0 Å². The third kappa shape index (κ3) is 4.43. The first-order chi connectivity index (χ1) is 18.0. The summed E-state index contributed by atoms with van der Waals surface area (Å²) >= 11 is 0. The van der Waals surface area contributed by atoms with Crippen molar-refractivity contribution in [3.05, 3.63) is 46.2 Å². The molecule has 3 aliphatic rings. The summed E-state index contributed by atoms with van der Waals surface area (Å²) in [6.45, 7) is 1.40. The molecule has 1 aromatic rings. The number of aromatic hydroxyl groups is 1. The van der Waals surface area contributed by atoms with Crippen LogP contribution in [-0.2, 0) is 30.1 Å². The van der Waals surface area contributed by atoms with Crippen molar-refractivity contribution >= 4 is 33.4 Å². The van der Waals surface area contributed by atoms with Crippen LogP contribution in [0.15, 0.2) is 35.1 Å². The van der Waals surface area contributed by atoms with E-state index < -0.39 is 90.6 Å². The molecular formula is C23H25F3N2O11S. The van der Waals surface area contributed by atoms with Gasteiger partial charge in [-0.1, -0.05) is 12.1 Å². The highest BCUT2D eigenvalue weighted by molar-refractivity contribution is 7.86. The van der Waals surface area contributed by atoms with E-state index in [0.29, 0.717) is 0 Å². The summed E-state index contributed by atoms with van der Waals surface area (Å²) in [4.78, 5) is 40.0. The summed E-state index contributed by atoms with van der Waals surface area (Å²) in [5.41, 5.74) is -6.08. The number of benzene rings is 1.